The number of aromatic nitrogens is 2. The predicted molar refractivity (Wildman–Crippen MR) is 87.8 cm³/mol. The topological polar surface area (TPSA) is 62.2 Å². The fraction of sp³-hybridized carbons (Fsp3) is 0.615. The van der Waals surface area contributed by atoms with Gasteiger partial charge >= 0.3 is 0 Å². The molecule has 2 N–H and O–H groups in total. The Kier molecular flexibility index (Phi) is 7.04. The quantitative estimate of drug-likeness (QED) is 0.482. The molecule has 6 heteroatoms. The second-order valence-electron chi connectivity index (χ2n) is 4.65. The molecule has 1 fully saturated rings. The van der Waals surface area contributed by atoms with Crippen molar-refractivity contribution < 1.29 is 0 Å². The number of aryl methyl sites for hydroxylation is 1. The van der Waals surface area contributed by atoms with Crippen molar-refractivity contribution in [3.05, 3.63) is 23.8 Å². The zero-order chi connectivity index (χ0) is 12.8. The SMILES string of the molecule is CN=C(NCc1ccnc(C)n1)NC1CCCC1.I. The lowest BCUT2D eigenvalue weighted by Crippen LogP contribution is -2.42. The summed E-state index contributed by atoms with van der Waals surface area (Å²) in [7, 11) is 1.80. The molecule has 1 aromatic heterocycles. The number of nitrogens with one attached hydrogen (secondary N) is 2. The van der Waals surface area contributed by atoms with Crippen LogP contribution in [0.3, 0.4) is 0 Å². The minimum atomic E-state index is 0. The van der Waals surface area contributed by atoms with Crippen LogP contribution < -0.4 is 10.6 Å². The lowest BCUT2D eigenvalue weighted by Gasteiger charge is -2.16. The van der Waals surface area contributed by atoms with Crippen LogP contribution in [0.15, 0.2) is 17.3 Å². The van der Waals surface area contributed by atoms with E-state index < -0.39 is 0 Å². The average molecular weight is 375 g/mol. The molecule has 0 aromatic carbocycles. The van der Waals surface area contributed by atoms with Crippen molar-refractivity contribution in [2.24, 2.45) is 4.99 Å². The first kappa shape index (κ1) is 16.1. The van der Waals surface area contributed by atoms with Gasteiger partial charge in [-0.05, 0) is 25.8 Å². The van der Waals surface area contributed by atoms with E-state index in [0.717, 1.165) is 17.5 Å². The van der Waals surface area contributed by atoms with Gasteiger partial charge in [-0.15, -0.1) is 24.0 Å². The van der Waals surface area contributed by atoms with Crippen molar-refractivity contribution in [2.75, 3.05) is 7.05 Å². The summed E-state index contributed by atoms with van der Waals surface area (Å²) in [5.41, 5.74) is 0.983. The van der Waals surface area contributed by atoms with Gasteiger partial charge in [-0.25, -0.2) is 9.97 Å². The van der Waals surface area contributed by atoms with Gasteiger partial charge in [0.05, 0.1) is 12.2 Å². The van der Waals surface area contributed by atoms with E-state index in [1.165, 1.54) is 25.7 Å². The van der Waals surface area contributed by atoms with E-state index >= 15 is 0 Å². The van der Waals surface area contributed by atoms with Crippen molar-refractivity contribution in [3.63, 3.8) is 0 Å². The zero-order valence-corrected chi connectivity index (χ0v) is 13.8. The average Bonchev–Trinajstić information content (AvgIpc) is 2.87. The van der Waals surface area contributed by atoms with Crippen molar-refractivity contribution in [2.45, 2.75) is 45.2 Å². The number of nitrogens with zero attached hydrogens (tertiary/aromatic N) is 3. The molecule has 0 aliphatic heterocycles. The molecule has 0 amide bonds. The van der Waals surface area contributed by atoms with Gasteiger partial charge in [-0.3, -0.25) is 4.99 Å². The van der Waals surface area contributed by atoms with Crippen molar-refractivity contribution in [3.8, 4) is 0 Å². The molecule has 1 aliphatic rings. The minimum Gasteiger partial charge on any atom is -0.354 e. The molecule has 2 rings (SSSR count). The Hall–Kier alpha value is -0.920. The fourth-order valence-corrected chi connectivity index (χ4v) is 2.24. The summed E-state index contributed by atoms with van der Waals surface area (Å²) in [6.45, 7) is 2.57. The maximum absolute atomic E-state index is 4.35. The van der Waals surface area contributed by atoms with Gasteiger partial charge in [0.2, 0.25) is 0 Å². The largest absolute Gasteiger partial charge is 0.354 e. The first-order valence-corrected chi connectivity index (χ1v) is 6.53. The van der Waals surface area contributed by atoms with Crippen LogP contribution in [0.25, 0.3) is 0 Å². The highest BCUT2D eigenvalue weighted by Gasteiger charge is 2.15. The summed E-state index contributed by atoms with van der Waals surface area (Å²) in [4.78, 5) is 12.7. The second-order valence-corrected chi connectivity index (χ2v) is 4.65. The minimum absolute atomic E-state index is 0. The van der Waals surface area contributed by atoms with Crippen LogP contribution >= 0.6 is 24.0 Å². The maximum atomic E-state index is 4.35. The molecular weight excluding hydrogens is 353 g/mol. The number of halogens is 1. The van der Waals surface area contributed by atoms with Gasteiger partial charge in [-0.2, -0.15) is 0 Å². The summed E-state index contributed by atoms with van der Waals surface area (Å²) < 4.78 is 0. The van der Waals surface area contributed by atoms with Crippen LogP contribution in [0.1, 0.15) is 37.2 Å². The number of hydrogen-bond donors (Lipinski definition) is 2. The molecular formula is C13H22IN5. The fourth-order valence-electron chi connectivity index (χ4n) is 2.24. The van der Waals surface area contributed by atoms with Gasteiger partial charge in [0, 0.05) is 19.3 Å². The molecule has 0 atom stereocenters. The Morgan fingerprint density at radius 3 is 2.79 bits per heavy atom. The van der Waals surface area contributed by atoms with Crippen LogP contribution in [-0.4, -0.2) is 29.0 Å². The third-order valence-corrected chi connectivity index (χ3v) is 3.19. The highest BCUT2D eigenvalue weighted by Crippen LogP contribution is 2.17. The van der Waals surface area contributed by atoms with Crippen LogP contribution in [0.2, 0.25) is 0 Å². The lowest BCUT2D eigenvalue weighted by atomic mass is 10.2. The van der Waals surface area contributed by atoms with E-state index in [4.69, 9.17) is 0 Å². The monoisotopic (exact) mass is 375 g/mol. The summed E-state index contributed by atoms with van der Waals surface area (Å²) in [6.07, 6.45) is 6.91. The molecule has 5 nitrogen and oxygen atoms in total. The van der Waals surface area contributed by atoms with E-state index in [0.29, 0.717) is 12.6 Å². The van der Waals surface area contributed by atoms with Crippen molar-refractivity contribution >= 4 is 29.9 Å². The Labute approximate surface area is 131 Å². The Balaban J connectivity index is 0.00000180. The molecule has 19 heavy (non-hydrogen) atoms. The molecule has 0 saturated heterocycles. The molecule has 0 bridgehead atoms. The van der Waals surface area contributed by atoms with Crippen LogP contribution in [0, 0.1) is 6.92 Å². The van der Waals surface area contributed by atoms with Gasteiger partial charge in [0.25, 0.3) is 0 Å². The molecule has 0 unspecified atom stereocenters. The lowest BCUT2D eigenvalue weighted by molar-refractivity contribution is 0.612. The van der Waals surface area contributed by atoms with Gasteiger partial charge in [0.15, 0.2) is 5.96 Å². The molecule has 0 radical (unpaired) electrons. The number of rotatable bonds is 3. The highest BCUT2D eigenvalue weighted by molar-refractivity contribution is 14.0. The van der Waals surface area contributed by atoms with E-state index in [2.05, 4.69) is 25.6 Å². The molecule has 1 aliphatic carbocycles. The van der Waals surface area contributed by atoms with E-state index in [-0.39, 0.29) is 24.0 Å². The Morgan fingerprint density at radius 2 is 2.16 bits per heavy atom. The Bertz CT molecular complexity index is 415. The summed E-state index contributed by atoms with van der Waals surface area (Å²) in [5.74, 6) is 1.66. The van der Waals surface area contributed by atoms with Crippen LogP contribution in [-0.2, 0) is 6.54 Å². The van der Waals surface area contributed by atoms with Crippen molar-refractivity contribution in [1.82, 2.24) is 20.6 Å². The van der Waals surface area contributed by atoms with Gasteiger partial charge in [0.1, 0.15) is 5.82 Å². The smallest absolute Gasteiger partial charge is 0.191 e. The zero-order valence-electron chi connectivity index (χ0n) is 11.5. The summed E-state index contributed by atoms with van der Waals surface area (Å²) in [5, 5.41) is 6.73. The van der Waals surface area contributed by atoms with E-state index in [1.807, 2.05) is 13.0 Å². The summed E-state index contributed by atoms with van der Waals surface area (Å²) in [6, 6.07) is 2.49. The van der Waals surface area contributed by atoms with E-state index in [1.54, 1.807) is 13.2 Å². The normalized spacial score (nSPS) is 16.0. The first-order chi connectivity index (χ1) is 8.78. The first-order valence-electron chi connectivity index (χ1n) is 6.53. The third kappa shape index (κ3) is 5.30. The second kappa shape index (κ2) is 8.29. The Morgan fingerprint density at radius 1 is 1.42 bits per heavy atom. The highest BCUT2D eigenvalue weighted by atomic mass is 127. The van der Waals surface area contributed by atoms with Gasteiger partial charge in [-0.1, -0.05) is 12.8 Å². The van der Waals surface area contributed by atoms with Crippen LogP contribution in [0.4, 0.5) is 0 Å². The molecule has 106 valence electrons. The van der Waals surface area contributed by atoms with Crippen LogP contribution in [0.5, 0.6) is 0 Å². The molecule has 0 spiro atoms. The van der Waals surface area contributed by atoms with Gasteiger partial charge < -0.3 is 10.6 Å². The molecule has 1 heterocycles. The molecule has 1 aromatic rings. The summed E-state index contributed by atoms with van der Waals surface area (Å²) >= 11 is 0. The molecule has 1 saturated carbocycles. The third-order valence-electron chi connectivity index (χ3n) is 3.19. The standard InChI is InChI=1S/C13H21N5.HI/c1-10-15-8-7-12(17-10)9-16-13(14-2)18-11-5-3-4-6-11;/h7-8,11H,3-6,9H2,1-2H3,(H2,14,16,18);1H. The number of hydrogen-bond acceptors (Lipinski definition) is 3. The maximum Gasteiger partial charge on any atom is 0.191 e. The predicted octanol–water partition coefficient (Wildman–Crippen LogP) is 2.01. The number of aliphatic imine (C=N–C) groups is 1. The van der Waals surface area contributed by atoms with E-state index in [9.17, 15) is 0 Å². The van der Waals surface area contributed by atoms with Crippen molar-refractivity contribution in [1.29, 1.82) is 0 Å². The number of guanidine groups is 1.